The molecule has 8 nitrogen and oxygen atoms in total. The maximum atomic E-state index is 5.54. The van der Waals surface area contributed by atoms with Crippen molar-refractivity contribution in [1.82, 2.24) is 0 Å². The maximum absolute atomic E-state index is 5.54. The molecule has 0 N–H and O–H groups in total. The van der Waals surface area contributed by atoms with Crippen LogP contribution >= 0.6 is 0 Å². The SMILES string of the molecule is CC(C)C1CCCCO1.CC(C)C1CCCO1.CC(C)C1CCCOC1.CC(C)C1CCO1.CC(C)C1CCOC1.CC(C)C1CCOCC1.CC(C)C1CO1.CC(C)C1COC1. The summed E-state index contributed by atoms with van der Waals surface area (Å²) in [6.07, 6.45) is 16.5. The molecule has 0 aromatic carbocycles. The molecule has 8 saturated heterocycles. The van der Waals surface area contributed by atoms with Crippen molar-refractivity contribution in [2.75, 3.05) is 79.3 Å². The van der Waals surface area contributed by atoms with Crippen LogP contribution in [0.2, 0.25) is 0 Å². The van der Waals surface area contributed by atoms with Crippen LogP contribution in [0.5, 0.6) is 0 Å². The Balaban J connectivity index is 0.000000361. The first-order valence-corrected chi connectivity index (χ1v) is 26.7. The van der Waals surface area contributed by atoms with Gasteiger partial charge in [0, 0.05) is 65.4 Å². The maximum Gasteiger partial charge on any atom is 0.0832 e. The summed E-state index contributed by atoms with van der Waals surface area (Å²) in [6, 6.07) is 0. The zero-order chi connectivity index (χ0) is 47.2. The molecule has 8 aliphatic heterocycles. The predicted octanol–water partition coefficient (Wildman–Crippen LogP) is 13.6. The topological polar surface area (TPSA) is 77.1 Å². The predicted molar refractivity (Wildman–Crippen MR) is 266 cm³/mol. The van der Waals surface area contributed by atoms with Crippen LogP contribution < -0.4 is 0 Å². The van der Waals surface area contributed by atoms with E-state index >= 15 is 0 Å². The van der Waals surface area contributed by atoms with Gasteiger partial charge in [-0.05, 0) is 136 Å². The molecule has 8 aliphatic rings. The summed E-state index contributed by atoms with van der Waals surface area (Å²) in [4.78, 5) is 0. The number of rotatable bonds is 8. The van der Waals surface area contributed by atoms with Crippen molar-refractivity contribution in [1.29, 1.82) is 0 Å². The smallest absolute Gasteiger partial charge is 0.0832 e. The minimum absolute atomic E-state index is 0.554. The highest BCUT2D eigenvalue weighted by molar-refractivity contribution is 4.72. The van der Waals surface area contributed by atoms with Crippen molar-refractivity contribution < 1.29 is 37.9 Å². The average Bonchev–Trinajstić information content (AvgIpc) is 3.64. The molecule has 6 atom stereocenters. The minimum Gasteiger partial charge on any atom is -0.381 e. The van der Waals surface area contributed by atoms with E-state index in [1.807, 2.05) is 0 Å². The normalized spacial score (nSPS) is 28.0. The molecule has 0 aromatic rings. The Kier molecular flexibility index (Phi) is 35.3. The zero-order valence-electron chi connectivity index (χ0n) is 44.8. The molecule has 0 amide bonds. The average molecular weight is 899 g/mol. The fourth-order valence-corrected chi connectivity index (χ4v) is 8.03. The second-order valence-corrected chi connectivity index (χ2v) is 22.3. The molecule has 0 aromatic heterocycles. The monoisotopic (exact) mass is 899 g/mol. The van der Waals surface area contributed by atoms with Crippen molar-refractivity contribution in [2.24, 2.45) is 71.0 Å². The molecule has 0 bridgehead atoms. The van der Waals surface area contributed by atoms with Crippen LogP contribution in [0.3, 0.4) is 0 Å². The lowest BCUT2D eigenvalue weighted by molar-refractivity contribution is -0.0763. The quantitative estimate of drug-likeness (QED) is 0.223. The summed E-state index contributed by atoms with van der Waals surface area (Å²) in [5.41, 5.74) is 0. The Morgan fingerprint density at radius 2 is 0.603 bits per heavy atom. The van der Waals surface area contributed by atoms with E-state index in [0.29, 0.717) is 30.3 Å². The van der Waals surface area contributed by atoms with E-state index in [9.17, 15) is 0 Å². The highest BCUT2D eigenvalue weighted by atomic mass is 16.6. The number of hydrogen-bond acceptors (Lipinski definition) is 8. The lowest BCUT2D eigenvalue weighted by Gasteiger charge is -2.29. The molecular formula is C55H110O8. The molecule has 8 heterocycles. The first-order chi connectivity index (χ1) is 29.9. The van der Waals surface area contributed by atoms with Gasteiger partial charge in [0.05, 0.1) is 44.2 Å². The molecule has 0 aliphatic carbocycles. The highest BCUT2D eigenvalue weighted by Gasteiger charge is 2.26. The third-order valence-corrected chi connectivity index (χ3v) is 14.1. The fourth-order valence-electron chi connectivity index (χ4n) is 8.03. The Labute approximate surface area is 392 Å². The van der Waals surface area contributed by atoms with Crippen LogP contribution in [0.25, 0.3) is 0 Å². The van der Waals surface area contributed by atoms with Gasteiger partial charge in [-0.25, -0.2) is 0 Å². The van der Waals surface area contributed by atoms with E-state index in [4.69, 9.17) is 37.9 Å². The van der Waals surface area contributed by atoms with Crippen LogP contribution in [0.15, 0.2) is 0 Å². The van der Waals surface area contributed by atoms with Crippen molar-refractivity contribution >= 4 is 0 Å². The lowest BCUT2D eigenvalue weighted by atomic mass is 9.89. The Bertz CT molecular complexity index is 882. The Morgan fingerprint density at radius 1 is 0.238 bits per heavy atom. The van der Waals surface area contributed by atoms with Gasteiger partial charge in [0.2, 0.25) is 0 Å². The van der Waals surface area contributed by atoms with Gasteiger partial charge >= 0.3 is 0 Å². The molecular weight excluding hydrogens is 789 g/mol. The van der Waals surface area contributed by atoms with Gasteiger partial charge in [0.15, 0.2) is 0 Å². The third kappa shape index (κ3) is 30.6. The molecule has 0 radical (unpaired) electrons. The van der Waals surface area contributed by atoms with Gasteiger partial charge in [-0.2, -0.15) is 0 Å². The fraction of sp³-hybridized carbons (Fsp3) is 1.00. The molecule has 6 unspecified atom stereocenters. The summed E-state index contributed by atoms with van der Waals surface area (Å²) in [6.45, 7) is 47.7. The van der Waals surface area contributed by atoms with E-state index in [0.717, 1.165) is 144 Å². The second-order valence-electron chi connectivity index (χ2n) is 22.3. The van der Waals surface area contributed by atoms with E-state index in [2.05, 4.69) is 111 Å². The summed E-state index contributed by atoms with van der Waals surface area (Å²) in [7, 11) is 0. The van der Waals surface area contributed by atoms with Crippen LogP contribution in [-0.2, 0) is 37.9 Å². The summed E-state index contributed by atoms with van der Waals surface area (Å²) in [5.74, 6) is 9.68. The van der Waals surface area contributed by atoms with Gasteiger partial charge in [-0.15, -0.1) is 0 Å². The molecule has 0 saturated carbocycles. The molecule has 8 rings (SSSR count). The van der Waals surface area contributed by atoms with Crippen molar-refractivity contribution in [3.63, 3.8) is 0 Å². The van der Waals surface area contributed by atoms with Crippen LogP contribution in [0.4, 0.5) is 0 Å². The molecule has 0 spiro atoms. The first-order valence-electron chi connectivity index (χ1n) is 26.7. The molecule has 378 valence electrons. The standard InChI is InChI=1S/3C8H16O.2C7H14O.2C6H12O.C5H10O/c1-7(2)8-3-5-9-6-4-8;1-7(2)8-4-3-5-9-6-8;1-7(2)8-5-3-4-6-9-8;1-6(2)7-3-4-8-5-7;1-6(2)7-4-3-5-8-7;1-5(2)6-3-7-4-6;1-5(2)6-3-4-7-6;1-4(2)5-3-6-5/h3*7-8H,3-6H2,1-2H3;2*6-7H,3-5H2,1-2H3;2*5-6H,3-4H2,1-2H3;4-5H,3H2,1-2H3. The molecule has 63 heavy (non-hydrogen) atoms. The molecule has 8 heteroatoms. The van der Waals surface area contributed by atoms with E-state index < -0.39 is 0 Å². The van der Waals surface area contributed by atoms with Crippen molar-refractivity contribution in [2.45, 2.75) is 206 Å². The minimum atomic E-state index is 0.554. The lowest BCUT2D eigenvalue weighted by Crippen LogP contribution is -2.31. The summed E-state index contributed by atoms with van der Waals surface area (Å²) >= 11 is 0. The number of ether oxygens (including phenoxy) is 8. The Morgan fingerprint density at radius 3 is 0.794 bits per heavy atom. The van der Waals surface area contributed by atoms with E-state index in [-0.39, 0.29) is 0 Å². The first kappa shape index (κ1) is 60.7. The third-order valence-electron chi connectivity index (χ3n) is 14.1. The number of epoxide rings is 1. The number of hydrogen-bond donors (Lipinski definition) is 0. The summed E-state index contributed by atoms with van der Waals surface area (Å²) in [5, 5.41) is 0. The molecule has 8 fully saturated rings. The van der Waals surface area contributed by atoms with Gasteiger partial charge in [0.25, 0.3) is 0 Å². The second kappa shape index (κ2) is 36.7. The van der Waals surface area contributed by atoms with Crippen LogP contribution in [-0.4, -0.2) is 104 Å². The summed E-state index contributed by atoms with van der Waals surface area (Å²) < 4.78 is 41.9. The van der Waals surface area contributed by atoms with E-state index in [1.165, 1.54) is 70.6 Å². The van der Waals surface area contributed by atoms with Crippen molar-refractivity contribution in [3.05, 3.63) is 0 Å². The van der Waals surface area contributed by atoms with Crippen LogP contribution in [0, 0.1) is 71.0 Å². The Hall–Kier alpha value is -0.320. The van der Waals surface area contributed by atoms with Gasteiger partial charge < -0.3 is 37.9 Å². The van der Waals surface area contributed by atoms with Crippen LogP contribution in [0.1, 0.15) is 181 Å². The van der Waals surface area contributed by atoms with Crippen molar-refractivity contribution in [3.8, 4) is 0 Å². The largest absolute Gasteiger partial charge is 0.381 e. The zero-order valence-corrected chi connectivity index (χ0v) is 44.8. The van der Waals surface area contributed by atoms with Gasteiger partial charge in [0.1, 0.15) is 0 Å². The highest BCUT2D eigenvalue weighted by Crippen LogP contribution is 2.25. The van der Waals surface area contributed by atoms with Gasteiger partial charge in [-0.3, -0.25) is 0 Å². The van der Waals surface area contributed by atoms with Gasteiger partial charge in [-0.1, -0.05) is 111 Å². The van der Waals surface area contributed by atoms with E-state index in [1.54, 1.807) is 0 Å².